The van der Waals surface area contributed by atoms with Gasteiger partial charge in [0.15, 0.2) is 0 Å². The number of nitrogen functional groups attached to an aromatic ring is 1. The molecule has 0 bridgehead atoms. The first-order valence-electron chi connectivity index (χ1n) is 4.51. The summed E-state index contributed by atoms with van der Waals surface area (Å²) >= 11 is 0. The van der Waals surface area contributed by atoms with Crippen LogP contribution in [0, 0.1) is 0 Å². The molecule has 3 heteroatoms. The van der Waals surface area contributed by atoms with Gasteiger partial charge >= 0.3 is 0 Å². The first kappa shape index (κ1) is 9.99. The minimum absolute atomic E-state index is 0.531. The Balaban J connectivity index is 2.64. The van der Waals surface area contributed by atoms with Crippen molar-refractivity contribution in [2.45, 2.75) is 26.4 Å². The van der Waals surface area contributed by atoms with Crippen LogP contribution in [0.2, 0.25) is 0 Å². The van der Waals surface area contributed by atoms with E-state index in [-0.39, 0.29) is 0 Å². The fourth-order valence-corrected chi connectivity index (χ4v) is 1.02. The second kappa shape index (κ2) is 4.23. The van der Waals surface area contributed by atoms with E-state index in [4.69, 9.17) is 5.73 Å². The summed E-state index contributed by atoms with van der Waals surface area (Å²) in [6, 6.07) is 6.27. The molecule has 0 aliphatic carbocycles. The molecule has 0 fully saturated rings. The molecule has 0 aliphatic rings. The van der Waals surface area contributed by atoms with E-state index in [0.29, 0.717) is 11.9 Å². The van der Waals surface area contributed by atoms with Gasteiger partial charge in [-0.25, -0.2) is 4.98 Å². The third kappa shape index (κ3) is 3.03. The van der Waals surface area contributed by atoms with Gasteiger partial charge in [-0.3, -0.25) is 4.90 Å². The van der Waals surface area contributed by atoms with E-state index in [1.807, 2.05) is 12.1 Å². The molecule has 1 heterocycles. The number of hydrogen-bond donors (Lipinski definition) is 1. The molecule has 13 heavy (non-hydrogen) atoms. The average molecular weight is 179 g/mol. The fourth-order valence-electron chi connectivity index (χ4n) is 1.02. The van der Waals surface area contributed by atoms with E-state index in [1.165, 1.54) is 0 Å². The van der Waals surface area contributed by atoms with Gasteiger partial charge in [-0.2, -0.15) is 0 Å². The molecule has 1 aromatic rings. The Hall–Kier alpha value is -1.09. The Morgan fingerprint density at radius 3 is 2.69 bits per heavy atom. The molecule has 0 atom stereocenters. The van der Waals surface area contributed by atoms with Crippen molar-refractivity contribution >= 4 is 5.82 Å². The van der Waals surface area contributed by atoms with Gasteiger partial charge in [-0.15, -0.1) is 0 Å². The third-order valence-electron chi connectivity index (χ3n) is 2.12. The quantitative estimate of drug-likeness (QED) is 0.764. The molecule has 0 amide bonds. The van der Waals surface area contributed by atoms with Crippen LogP contribution in [0.15, 0.2) is 18.2 Å². The molecule has 1 rings (SSSR count). The number of nitrogens with two attached hydrogens (primary N) is 1. The van der Waals surface area contributed by atoms with Gasteiger partial charge in [0, 0.05) is 12.6 Å². The van der Waals surface area contributed by atoms with Gasteiger partial charge in [-0.05, 0) is 33.0 Å². The van der Waals surface area contributed by atoms with Crippen LogP contribution in [0.4, 0.5) is 5.82 Å². The van der Waals surface area contributed by atoms with Crippen LogP contribution < -0.4 is 5.73 Å². The summed E-state index contributed by atoms with van der Waals surface area (Å²) in [5.74, 6) is 0.592. The highest BCUT2D eigenvalue weighted by molar-refractivity contribution is 5.28. The Kier molecular flexibility index (Phi) is 3.25. The van der Waals surface area contributed by atoms with Crippen molar-refractivity contribution in [2.24, 2.45) is 0 Å². The second-order valence-electron chi connectivity index (χ2n) is 3.56. The van der Waals surface area contributed by atoms with Crippen molar-refractivity contribution in [1.29, 1.82) is 0 Å². The van der Waals surface area contributed by atoms with E-state index in [0.717, 1.165) is 12.2 Å². The predicted octanol–water partition coefficient (Wildman–Crippen LogP) is 1.50. The topological polar surface area (TPSA) is 42.1 Å². The largest absolute Gasteiger partial charge is 0.384 e. The number of hydrogen-bond acceptors (Lipinski definition) is 3. The maximum absolute atomic E-state index is 5.58. The molecule has 2 N–H and O–H groups in total. The standard InChI is InChI=1S/C10H17N3/c1-8(2)13(3)7-9-5-4-6-10(11)12-9/h4-6,8H,7H2,1-3H3,(H2,11,12). The van der Waals surface area contributed by atoms with Crippen LogP contribution in [0.1, 0.15) is 19.5 Å². The van der Waals surface area contributed by atoms with Crippen molar-refractivity contribution in [1.82, 2.24) is 9.88 Å². The van der Waals surface area contributed by atoms with Crippen LogP contribution in [0.25, 0.3) is 0 Å². The summed E-state index contributed by atoms with van der Waals surface area (Å²) in [5.41, 5.74) is 6.61. The number of nitrogens with zero attached hydrogens (tertiary/aromatic N) is 2. The smallest absolute Gasteiger partial charge is 0.123 e. The Bertz CT molecular complexity index is 271. The van der Waals surface area contributed by atoms with E-state index < -0.39 is 0 Å². The predicted molar refractivity (Wildman–Crippen MR) is 55.3 cm³/mol. The molecule has 1 aromatic heterocycles. The van der Waals surface area contributed by atoms with E-state index in [9.17, 15) is 0 Å². The minimum atomic E-state index is 0.531. The van der Waals surface area contributed by atoms with Crippen molar-refractivity contribution in [3.05, 3.63) is 23.9 Å². The van der Waals surface area contributed by atoms with Gasteiger partial charge in [0.1, 0.15) is 5.82 Å². The highest BCUT2D eigenvalue weighted by Gasteiger charge is 2.04. The van der Waals surface area contributed by atoms with E-state index >= 15 is 0 Å². The zero-order valence-electron chi connectivity index (χ0n) is 8.49. The lowest BCUT2D eigenvalue weighted by atomic mass is 10.3. The molecule has 0 spiro atoms. The SMILES string of the molecule is CC(C)N(C)Cc1cccc(N)n1. The summed E-state index contributed by atoms with van der Waals surface area (Å²) in [7, 11) is 2.08. The molecule has 72 valence electrons. The Morgan fingerprint density at radius 2 is 2.15 bits per heavy atom. The van der Waals surface area contributed by atoms with Crippen LogP contribution >= 0.6 is 0 Å². The van der Waals surface area contributed by atoms with Gasteiger partial charge in [0.05, 0.1) is 5.69 Å². The van der Waals surface area contributed by atoms with Crippen LogP contribution in [0.3, 0.4) is 0 Å². The van der Waals surface area contributed by atoms with Crippen LogP contribution in [-0.4, -0.2) is 23.0 Å². The van der Waals surface area contributed by atoms with Gasteiger partial charge in [0.2, 0.25) is 0 Å². The lowest BCUT2D eigenvalue weighted by Crippen LogP contribution is -2.26. The molecule has 0 aromatic carbocycles. The Labute approximate surface area is 79.6 Å². The highest BCUT2D eigenvalue weighted by atomic mass is 15.1. The molecule has 0 radical (unpaired) electrons. The van der Waals surface area contributed by atoms with Crippen LogP contribution in [-0.2, 0) is 6.54 Å². The zero-order valence-corrected chi connectivity index (χ0v) is 8.49. The third-order valence-corrected chi connectivity index (χ3v) is 2.12. The first-order valence-corrected chi connectivity index (χ1v) is 4.51. The van der Waals surface area contributed by atoms with E-state index in [1.54, 1.807) is 6.07 Å². The normalized spacial score (nSPS) is 11.2. The number of rotatable bonds is 3. The monoisotopic (exact) mass is 179 g/mol. The lowest BCUT2D eigenvalue weighted by Gasteiger charge is -2.20. The summed E-state index contributed by atoms with van der Waals surface area (Å²) in [5, 5.41) is 0. The minimum Gasteiger partial charge on any atom is -0.384 e. The van der Waals surface area contributed by atoms with Crippen molar-refractivity contribution in [3.63, 3.8) is 0 Å². The van der Waals surface area contributed by atoms with Crippen molar-refractivity contribution in [3.8, 4) is 0 Å². The van der Waals surface area contributed by atoms with Gasteiger partial charge < -0.3 is 5.73 Å². The molecule has 0 aliphatic heterocycles. The first-order chi connectivity index (χ1) is 6.09. The van der Waals surface area contributed by atoms with E-state index in [2.05, 4.69) is 30.8 Å². The van der Waals surface area contributed by atoms with Gasteiger partial charge in [0.25, 0.3) is 0 Å². The number of pyridine rings is 1. The Morgan fingerprint density at radius 1 is 1.46 bits per heavy atom. The lowest BCUT2D eigenvalue weighted by molar-refractivity contribution is 0.263. The molecule has 3 nitrogen and oxygen atoms in total. The molecule has 0 unspecified atom stereocenters. The average Bonchev–Trinajstić information content (AvgIpc) is 2.04. The van der Waals surface area contributed by atoms with Gasteiger partial charge in [-0.1, -0.05) is 6.07 Å². The maximum Gasteiger partial charge on any atom is 0.123 e. The fraction of sp³-hybridized carbons (Fsp3) is 0.500. The molecular formula is C10H17N3. The highest BCUT2D eigenvalue weighted by Crippen LogP contribution is 2.05. The summed E-state index contributed by atoms with van der Waals surface area (Å²) in [4.78, 5) is 6.46. The zero-order chi connectivity index (χ0) is 9.84. The molecule has 0 saturated carbocycles. The summed E-state index contributed by atoms with van der Waals surface area (Å²) in [6.45, 7) is 5.17. The molecule has 0 saturated heterocycles. The van der Waals surface area contributed by atoms with Crippen LogP contribution in [0.5, 0.6) is 0 Å². The summed E-state index contributed by atoms with van der Waals surface area (Å²) in [6.07, 6.45) is 0. The second-order valence-corrected chi connectivity index (χ2v) is 3.56. The molecular weight excluding hydrogens is 162 g/mol. The van der Waals surface area contributed by atoms with Crippen molar-refractivity contribution < 1.29 is 0 Å². The number of anilines is 1. The summed E-state index contributed by atoms with van der Waals surface area (Å²) < 4.78 is 0. The number of aromatic nitrogens is 1. The van der Waals surface area contributed by atoms with Crippen molar-refractivity contribution in [2.75, 3.05) is 12.8 Å². The maximum atomic E-state index is 5.58.